The van der Waals surface area contributed by atoms with Crippen molar-refractivity contribution in [1.82, 2.24) is 0 Å². The van der Waals surface area contributed by atoms with Gasteiger partial charge in [0.2, 0.25) is 0 Å². The van der Waals surface area contributed by atoms with Crippen LogP contribution in [-0.4, -0.2) is 18.2 Å². The smallest absolute Gasteiger partial charge is 0.338 e. The van der Waals surface area contributed by atoms with Gasteiger partial charge in [-0.3, -0.25) is 0 Å². The first-order valence-corrected chi connectivity index (χ1v) is 13.4. The van der Waals surface area contributed by atoms with Gasteiger partial charge < -0.3 is 4.74 Å². The maximum absolute atomic E-state index is 13.2. The Labute approximate surface area is 181 Å². The summed E-state index contributed by atoms with van der Waals surface area (Å²) in [7, 11) is 0.884. The van der Waals surface area contributed by atoms with Gasteiger partial charge in [-0.25, -0.2) is 4.79 Å². The normalized spacial score (nSPS) is 17.9. The van der Waals surface area contributed by atoms with Crippen LogP contribution in [-0.2, 0) is 4.74 Å². The van der Waals surface area contributed by atoms with Crippen molar-refractivity contribution in [3.63, 3.8) is 0 Å². The van der Waals surface area contributed by atoms with Crippen LogP contribution in [0.25, 0.3) is 0 Å². The van der Waals surface area contributed by atoms with Gasteiger partial charge in [0.15, 0.2) is 0 Å². The molecular formula is C26H43O2P. The van der Waals surface area contributed by atoms with E-state index in [1.807, 2.05) is 12.1 Å². The lowest BCUT2D eigenvalue weighted by atomic mass is 9.65. The molecule has 1 aliphatic rings. The van der Waals surface area contributed by atoms with E-state index in [9.17, 15) is 4.79 Å². The second-order valence-electron chi connectivity index (χ2n) is 9.42. The van der Waals surface area contributed by atoms with Crippen LogP contribution in [0, 0.1) is 11.3 Å². The van der Waals surface area contributed by atoms with Crippen molar-refractivity contribution in [2.24, 2.45) is 11.3 Å². The largest absolute Gasteiger partial charge is 0.455 e. The number of ether oxygens (including phenoxy) is 1. The first-order valence-electron chi connectivity index (χ1n) is 11.9. The van der Waals surface area contributed by atoms with E-state index in [-0.39, 0.29) is 17.0 Å². The lowest BCUT2D eigenvalue weighted by Gasteiger charge is -2.48. The van der Waals surface area contributed by atoms with E-state index in [1.165, 1.54) is 37.7 Å². The third-order valence-electron chi connectivity index (χ3n) is 7.29. The number of rotatable bonds is 11. The molecule has 1 aliphatic carbocycles. The number of hydrogen-bond acceptors (Lipinski definition) is 2. The fourth-order valence-corrected chi connectivity index (χ4v) is 6.93. The van der Waals surface area contributed by atoms with E-state index >= 15 is 0 Å². The van der Waals surface area contributed by atoms with E-state index in [2.05, 4.69) is 53.4 Å². The van der Waals surface area contributed by atoms with Gasteiger partial charge in [0, 0.05) is 11.1 Å². The van der Waals surface area contributed by atoms with Crippen molar-refractivity contribution in [3.8, 4) is 0 Å². The minimum atomic E-state index is -0.333. The molecule has 0 radical (unpaired) electrons. The van der Waals surface area contributed by atoms with E-state index in [0.717, 1.165) is 34.3 Å². The molecule has 0 saturated heterocycles. The number of benzene rings is 1. The van der Waals surface area contributed by atoms with Gasteiger partial charge in [-0.2, -0.15) is 0 Å². The first kappa shape index (κ1) is 24.4. The fourth-order valence-electron chi connectivity index (χ4n) is 5.70. The summed E-state index contributed by atoms with van der Waals surface area (Å²) in [5.41, 5.74) is 2.48. The standard InChI is InChI=1S/C26H43O2P/c1-7-16-25(17-10-11-18-25)26(8-2,9-3)28-24(27)22-14-12-21(13-15-22)23(29-6)19-20(4)5/h12-15,20,23,29H,7-11,16-19H2,1-6H3. The average molecular weight is 419 g/mol. The molecule has 2 nitrogen and oxygen atoms in total. The number of esters is 1. The third kappa shape index (κ3) is 5.43. The summed E-state index contributed by atoms with van der Waals surface area (Å²) in [6.45, 7) is 13.5. The Kier molecular flexibility index (Phi) is 9.20. The average Bonchev–Trinajstić information content (AvgIpc) is 3.20. The van der Waals surface area contributed by atoms with E-state index in [1.54, 1.807) is 0 Å². The predicted octanol–water partition coefficient (Wildman–Crippen LogP) is 8.16. The number of hydrogen-bond donors (Lipinski definition) is 0. The monoisotopic (exact) mass is 418 g/mol. The van der Waals surface area contributed by atoms with Gasteiger partial charge in [-0.05, 0) is 68.8 Å². The summed E-state index contributed by atoms with van der Waals surface area (Å²) in [6, 6.07) is 8.28. The molecule has 0 aromatic heterocycles. The summed E-state index contributed by atoms with van der Waals surface area (Å²) in [5, 5.41) is 0. The van der Waals surface area contributed by atoms with Crippen molar-refractivity contribution in [1.29, 1.82) is 0 Å². The maximum Gasteiger partial charge on any atom is 0.338 e. The van der Waals surface area contributed by atoms with E-state index < -0.39 is 0 Å². The molecule has 2 unspecified atom stereocenters. The Morgan fingerprint density at radius 2 is 1.69 bits per heavy atom. The highest BCUT2D eigenvalue weighted by molar-refractivity contribution is 7.37. The van der Waals surface area contributed by atoms with Crippen LogP contribution < -0.4 is 0 Å². The highest BCUT2D eigenvalue weighted by atomic mass is 31.1. The van der Waals surface area contributed by atoms with Gasteiger partial charge in [0.1, 0.15) is 5.60 Å². The molecule has 0 aliphatic heterocycles. The van der Waals surface area contributed by atoms with Gasteiger partial charge in [-0.15, -0.1) is 8.58 Å². The molecule has 3 heteroatoms. The van der Waals surface area contributed by atoms with E-state index in [4.69, 9.17) is 4.74 Å². The van der Waals surface area contributed by atoms with Crippen molar-refractivity contribution < 1.29 is 9.53 Å². The molecule has 1 saturated carbocycles. The third-order valence-corrected chi connectivity index (χ3v) is 8.56. The molecule has 2 rings (SSSR count). The van der Waals surface area contributed by atoms with Crippen LogP contribution in [0.1, 0.15) is 114 Å². The highest BCUT2D eigenvalue weighted by Crippen LogP contribution is 2.54. The second kappa shape index (κ2) is 10.9. The molecule has 0 bridgehead atoms. The molecule has 1 aromatic rings. The quantitative estimate of drug-likeness (QED) is 0.268. The highest BCUT2D eigenvalue weighted by Gasteiger charge is 2.52. The Balaban J connectivity index is 2.22. The molecule has 1 fully saturated rings. The Hall–Kier alpha value is -0.880. The van der Waals surface area contributed by atoms with Crippen molar-refractivity contribution in [2.45, 2.75) is 104 Å². The van der Waals surface area contributed by atoms with Crippen LogP contribution in [0.15, 0.2) is 24.3 Å². The van der Waals surface area contributed by atoms with Crippen molar-refractivity contribution in [3.05, 3.63) is 35.4 Å². The molecule has 1 aromatic carbocycles. The first-order chi connectivity index (χ1) is 13.9. The zero-order valence-corrected chi connectivity index (χ0v) is 20.6. The zero-order chi connectivity index (χ0) is 21.5. The van der Waals surface area contributed by atoms with E-state index in [0.29, 0.717) is 17.1 Å². The fraction of sp³-hybridized carbons (Fsp3) is 0.731. The second-order valence-corrected chi connectivity index (χ2v) is 10.7. The lowest BCUT2D eigenvalue weighted by molar-refractivity contribution is -0.107. The lowest BCUT2D eigenvalue weighted by Crippen LogP contribution is -2.49. The van der Waals surface area contributed by atoms with Gasteiger partial charge >= 0.3 is 5.97 Å². The van der Waals surface area contributed by atoms with Gasteiger partial charge in [-0.1, -0.05) is 66.0 Å². The Bertz CT molecular complexity index is 625. The summed E-state index contributed by atoms with van der Waals surface area (Å²) < 4.78 is 6.42. The molecule has 0 heterocycles. The van der Waals surface area contributed by atoms with Crippen LogP contribution in [0.4, 0.5) is 0 Å². The predicted molar refractivity (Wildman–Crippen MR) is 127 cm³/mol. The van der Waals surface area contributed by atoms with Gasteiger partial charge in [0.25, 0.3) is 0 Å². The van der Waals surface area contributed by atoms with Crippen molar-refractivity contribution in [2.75, 3.05) is 6.66 Å². The molecule has 164 valence electrons. The molecule has 2 atom stereocenters. The minimum Gasteiger partial charge on any atom is -0.455 e. The summed E-state index contributed by atoms with van der Waals surface area (Å²) >= 11 is 0. The maximum atomic E-state index is 13.2. The van der Waals surface area contributed by atoms with Crippen LogP contribution in [0.2, 0.25) is 0 Å². The van der Waals surface area contributed by atoms with Crippen LogP contribution >= 0.6 is 8.58 Å². The number of carbonyl (C=O) groups excluding carboxylic acids is 1. The Morgan fingerprint density at radius 1 is 1.10 bits per heavy atom. The topological polar surface area (TPSA) is 26.3 Å². The SMILES string of the molecule is CCCC1(C(CC)(CC)OC(=O)c2ccc(C(CC(C)C)PC)cc2)CCCC1. The summed E-state index contributed by atoms with van der Waals surface area (Å²) in [4.78, 5) is 13.2. The van der Waals surface area contributed by atoms with Crippen LogP contribution in [0.5, 0.6) is 0 Å². The van der Waals surface area contributed by atoms with Gasteiger partial charge in [0.05, 0.1) is 5.56 Å². The van der Waals surface area contributed by atoms with Crippen LogP contribution in [0.3, 0.4) is 0 Å². The molecule has 0 amide bonds. The summed E-state index contributed by atoms with van der Waals surface area (Å²) in [5.74, 6) is 0.551. The number of carbonyl (C=O) groups is 1. The molecule has 29 heavy (non-hydrogen) atoms. The molecular weight excluding hydrogens is 375 g/mol. The minimum absolute atomic E-state index is 0.137. The zero-order valence-electron chi connectivity index (χ0n) is 19.6. The molecule has 0 spiro atoms. The molecule has 0 N–H and O–H groups in total. The Morgan fingerprint density at radius 3 is 2.14 bits per heavy atom. The van der Waals surface area contributed by atoms with Crippen molar-refractivity contribution >= 4 is 14.6 Å². The summed E-state index contributed by atoms with van der Waals surface area (Å²) in [6.07, 6.45) is 10.3.